The maximum Gasteiger partial charge on any atom is 0.263 e. The molecule has 0 unspecified atom stereocenters. The van der Waals surface area contributed by atoms with Crippen LogP contribution in [0.3, 0.4) is 0 Å². The standard InChI is InChI=1S/C15H10ClFN2O/c16-19-13-8-4-2-6-11(13)15(18-9-14(19)20)10-5-1-3-7-12(10)17/h1-8H,9H2. The normalized spacial score (nSPS) is 14.6. The summed E-state index contributed by atoms with van der Waals surface area (Å²) < 4.78 is 15.0. The fourth-order valence-corrected chi connectivity index (χ4v) is 2.36. The molecule has 0 spiro atoms. The highest BCUT2D eigenvalue weighted by Crippen LogP contribution is 2.28. The van der Waals surface area contributed by atoms with Crippen molar-refractivity contribution in [3.63, 3.8) is 0 Å². The predicted molar refractivity (Wildman–Crippen MR) is 76.7 cm³/mol. The van der Waals surface area contributed by atoms with Gasteiger partial charge in [-0.2, -0.15) is 0 Å². The van der Waals surface area contributed by atoms with Gasteiger partial charge in [-0.1, -0.05) is 30.3 Å². The van der Waals surface area contributed by atoms with Crippen LogP contribution in [0, 0.1) is 5.82 Å². The van der Waals surface area contributed by atoms with Crippen LogP contribution in [0.4, 0.5) is 10.1 Å². The smallest absolute Gasteiger partial charge is 0.263 e. The summed E-state index contributed by atoms with van der Waals surface area (Å²) in [5.41, 5.74) is 1.95. The summed E-state index contributed by atoms with van der Waals surface area (Å²) >= 11 is 6.01. The second kappa shape index (κ2) is 5.06. The largest absolute Gasteiger partial charge is 0.274 e. The number of fused-ring (bicyclic) bond motifs is 1. The summed E-state index contributed by atoms with van der Waals surface area (Å²) in [6.07, 6.45) is 0. The number of amides is 1. The molecule has 0 N–H and O–H groups in total. The first-order valence-electron chi connectivity index (χ1n) is 6.06. The Balaban J connectivity index is 2.23. The van der Waals surface area contributed by atoms with E-state index in [1.807, 2.05) is 0 Å². The van der Waals surface area contributed by atoms with E-state index in [0.29, 0.717) is 22.5 Å². The highest BCUT2D eigenvalue weighted by Gasteiger charge is 2.24. The number of carbonyl (C=O) groups is 1. The zero-order chi connectivity index (χ0) is 14.1. The van der Waals surface area contributed by atoms with E-state index in [1.165, 1.54) is 6.07 Å². The number of para-hydroxylation sites is 1. The molecule has 0 aromatic heterocycles. The quantitative estimate of drug-likeness (QED) is 0.742. The number of anilines is 1. The third-order valence-corrected chi connectivity index (χ3v) is 3.46. The van der Waals surface area contributed by atoms with Gasteiger partial charge < -0.3 is 0 Å². The summed E-state index contributed by atoms with van der Waals surface area (Å²) in [7, 11) is 0. The Hall–Kier alpha value is -2.20. The topological polar surface area (TPSA) is 32.7 Å². The molecule has 0 atom stereocenters. The van der Waals surface area contributed by atoms with Crippen LogP contribution in [-0.2, 0) is 4.79 Å². The van der Waals surface area contributed by atoms with Crippen LogP contribution in [0.1, 0.15) is 11.1 Å². The van der Waals surface area contributed by atoms with Gasteiger partial charge in [0, 0.05) is 22.9 Å². The molecule has 1 amide bonds. The van der Waals surface area contributed by atoms with Crippen molar-refractivity contribution in [2.45, 2.75) is 0 Å². The van der Waals surface area contributed by atoms with Crippen LogP contribution < -0.4 is 4.42 Å². The lowest BCUT2D eigenvalue weighted by molar-refractivity contribution is -0.116. The molecule has 20 heavy (non-hydrogen) atoms. The average Bonchev–Trinajstić information content (AvgIpc) is 2.59. The molecule has 0 saturated carbocycles. The molecule has 0 fully saturated rings. The molecule has 2 aromatic rings. The first-order valence-corrected chi connectivity index (χ1v) is 6.40. The summed E-state index contributed by atoms with van der Waals surface area (Å²) in [4.78, 5) is 16.1. The van der Waals surface area contributed by atoms with Crippen molar-refractivity contribution in [2.75, 3.05) is 11.0 Å². The predicted octanol–water partition coefficient (Wildman–Crippen LogP) is 3.16. The highest BCUT2D eigenvalue weighted by atomic mass is 35.5. The van der Waals surface area contributed by atoms with Crippen molar-refractivity contribution in [2.24, 2.45) is 4.99 Å². The molecule has 0 radical (unpaired) electrons. The number of aliphatic imine (C=N–C) groups is 1. The number of benzodiazepines with no additional fused rings is 1. The monoisotopic (exact) mass is 288 g/mol. The van der Waals surface area contributed by atoms with Crippen molar-refractivity contribution >= 4 is 29.1 Å². The molecule has 1 heterocycles. The Morgan fingerprint density at radius 2 is 1.70 bits per heavy atom. The Labute approximate surface area is 120 Å². The number of benzene rings is 2. The van der Waals surface area contributed by atoms with E-state index in [-0.39, 0.29) is 18.3 Å². The number of halogens is 2. The first-order chi connectivity index (χ1) is 9.68. The summed E-state index contributed by atoms with van der Waals surface area (Å²) in [5, 5.41) is 0. The minimum Gasteiger partial charge on any atom is -0.274 e. The van der Waals surface area contributed by atoms with Crippen molar-refractivity contribution < 1.29 is 9.18 Å². The number of carbonyl (C=O) groups excluding carboxylic acids is 1. The van der Waals surface area contributed by atoms with Gasteiger partial charge in [-0.25, -0.2) is 8.81 Å². The lowest BCUT2D eigenvalue weighted by atomic mass is 10.0. The van der Waals surface area contributed by atoms with E-state index in [9.17, 15) is 9.18 Å². The van der Waals surface area contributed by atoms with E-state index < -0.39 is 0 Å². The van der Waals surface area contributed by atoms with Gasteiger partial charge >= 0.3 is 0 Å². The second-order valence-corrected chi connectivity index (χ2v) is 4.67. The van der Waals surface area contributed by atoms with Gasteiger partial charge in [-0.05, 0) is 18.2 Å². The zero-order valence-electron chi connectivity index (χ0n) is 10.4. The maximum atomic E-state index is 14.0. The minimum absolute atomic E-state index is 0.109. The summed E-state index contributed by atoms with van der Waals surface area (Å²) in [6, 6.07) is 13.4. The lowest BCUT2D eigenvalue weighted by Gasteiger charge is -2.14. The average molecular weight is 289 g/mol. The number of rotatable bonds is 1. The maximum absolute atomic E-state index is 14.0. The van der Waals surface area contributed by atoms with Crippen LogP contribution in [0.5, 0.6) is 0 Å². The molecular formula is C15H10ClFN2O. The Kier molecular flexibility index (Phi) is 3.24. The van der Waals surface area contributed by atoms with Gasteiger partial charge in [-0.15, -0.1) is 0 Å². The molecule has 2 aromatic carbocycles. The van der Waals surface area contributed by atoms with Crippen molar-refractivity contribution in [1.82, 2.24) is 0 Å². The second-order valence-electron chi connectivity index (χ2n) is 4.34. The van der Waals surface area contributed by atoms with Crippen LogP contribution in [0.15, 0.2) is 53.5 Å². The van der Waals surface area contributed by atoms with Crippen LogP contribution in [0.25, 0.3) is 0 Å². The van der Waals surface area contributed by atoms with Gasteiger partial charge in [0.2, 0.25) is 0 Å². The van der Waals surface area contributed by atoms with Gasteiger partial charge in [-0.3, -0.25) is 9.79 Å². The third kappa shape index (κ3) is 2.08. The first kappa shape index (κ1) is 12.8. The molecule has 0 aliphatic carbocycles. The Bertz CT molecular complexity index is 715. The van der Waals surface area contributed by atoms with Crippen LogP contribution >= 0.6 is 11.8 Å². The molecule has 0 bridgehead atoms. The van der Waals surface area contributed by atoms with Gasteiger partial charge in [0.25, 0.3) is 5.91 Å². The molecule has 5 heteroatoms. The Morgan fingerprint density at radius 1 is 1.05 bits per heavy atom. The minimum atomic E-state index is -0.378. The molecule has 0 saturated heterocycles. The van der Waals surface area contributed by atoms with Gasteiger partial charge in [0.15, 0.2) is 0 Å². The van der Waals surface area contributed by atoms with E-state index in [1.54, 1.807) is 42.5 Å². The molecular weight excluding hydrogens is 279 g/mol. The van der Waals surface area contributed by atoms with Crippen molar-refractivity contribution in [3.05, 3.63) is 65.5 Å². The SMILES string of the molecule is O=C1CN=C(c2ccccc2F)c2ccccc2N1Cl. The Morgan fingerprint density at radius 3 is 2.45 bits per heavy atom. The van der Waals surface area contributed by atoms with Crippen molar-refractivity contribution in [3.8, 4) is 0 Å². The zero-order valence-corrected chi connectivity index (χ0v) is 11.1. The number of hydrogen-bond donors (Lipinski definition) is 0. The fraction of sp³-hybridized carbons (Fsp3) is 0.0667. The third-order valence-electron chi connectivity index (χ3n) is 3.09. The van der Waals surface area contributed by atoms with Crippen LogP contribution in [0.2, 0.25) is 0 Å². The summed E-state index contributed by atoms with van der Waals surface area (Å²) in [6.45, 7) is -0.109. The number of hydrogen-bond acceptors (Lipinski definition) is 2. The van der Waals surface area contributed by atoms with Crippen molar-refractivity contribution in [1.29, 1.82) is 0 Å². The van der Waals surface area contributed by atoms with Gasteiger partial charge in [0.1, 0.15) is 12.4 Å². The van der Waals surface area contributed by atoms with E-state index in [0.717, 1.165) is 4.42 Å². The molecule has 3 rings (SSSR count). The molecule has 3 nitrogen and oxygen atoms in total. The summed E-state index contributed by atoms with van der Waals surface area (Å²) in [5.74, 6) is -0.720. The number of nitrogens with zero attached hydrogens (tertiary/aromatic N) is 2. The van der Waals surface area contributed by atoms with E-state index in [4.69, 9.17) is 11.8 Å². The van der Waals surface area contributed by atoms with E-state index >= 15 is 0 Å². The molecule has 100 valence electrons. The lowest BCUT2D eigenvalue weighted by Crippen LogP contribution is -2.22. The highest BCUT2D eigenvalue weighted by molar-refractivity contribution is 6.39. The van der Waals surface area contributed by atoms with Crippen LogP contribution in [-0.4, -0.2) is 18.2 Å². The van der Waals surface area contributed by atoms with E-state index in [2.05, 4.69) is 4.99 Å². The molecule has 1 aliphatic rings. The fourth-order valence-electron chi connectivity index (χ4n) is 2.16. The van der Waals surface area contributed by atoms with Gasteiger partial charge in [0.05, 0.1) is 11.4 Å². The molecule has 1 aliphatic heterocycles.